The van der Waals surface area contributed by atoms with Gasteiger partial charge in [0.15, 0.2) is 0 Å². The van der Waals surface area contributed by atoms with Crippen LogP contribution in [0.15, 0.2) is 42.5 Å². The molecule has 0 unspecified atom stereocenters. The van der Waals surface area contributed by atoms with Crippen molar-refractivity contribution in [2.24, 2.45) is 0 Å². The average molecular weight is 374 g/mol. The zero-order valence-electron chi connectivity index (χ0n) is 15.3. The van der Waals surface area contributed by atoms with Crippen molar-refractivity contribution in [3.63, 3.8) is 0 Å². The standard InChI is InChI=1S/C20H24ClN3O2/c1-4-15-7-5-6-8-18(15)23-20(26)13-24(3)12-19(25)22-17-10-9-16(21)11-14(17)2/h5-11H,4,12-13H2,1-3H3,(H,22,25)(H,23,26). The number of hydrogen-bond donors (Lipinski definition) is 2. The predicted octanol–water partition coefficient (Wildman–Crippen LogP) is 3.72. The second-order valence-electron chi connectivity index (χ2n) is 6.24. The Balaban J connectivity index is 1.86. The quantitative estimate of drug-likeness (QED) is 0.777. The third-order valence-corrected chi connectivity index (χ3v) is 4.20. The first kappa shape index (κ1) is 19.9. The van der Waals surface area contributed by atoms with Gasteiger partial charge in [0, 0.05) is 16.4 Å². The van der Waals surface area contributed by atoms with Gasteiger partial charge < -0.3 is 10.6 Å². The molecule has 0 radical (unpaired) electrons. The van der Waals surface area contributed by atoms with Crippen molar-refractivity contribution in [1.29, 1.82) is 0 Å². The summed E-state index contributed by atoms with van der Waals surface area (Å²) in [5.41, 5.74) is 3.51. The van der Waals surface area contributed by atoms with E-state index in [1.165, 1.54) is 0 Å². The number of amides is 2. The number of para-hydroxylation sites is 1. The first-order valence-corrected chi connectivity index (χ1v) is 8.89. The number of benzene rings is 2. The van der Waals surface area contributed by atoms with Crippen LogP contribution in [0.3, 0.4) is 0 Å². The van der Waals surface area contributed by atoms with Crippen molar-refractivity contribution < 1.29 is 9.59 Å². The van der Waals surface area contributed by atoms with E-state index in [1.807, 2.05) is 38.1 Å². The fraction of sp³-hybridized carbons (Fsp3) is 0.300. The van der Waals surface area contributed by atoms with E-state index in [-0.39, 0.29) is 24.9 Å². The fourth-order valence-electron chi connectivity index (χ4n) is 2.64. The smallest absolute Gasteiger partial charge is 0.238 e. The molecule has 2 aromatic carbocycles. The molecule has 0 aromatic heterocycles. The summed E-state index contributed by atoms with van der Waals surface area (Å²) in [6, 6.07) is 13.0. The fourth-order valence-corrected chi connectivity index (χ4v) is 2.87. The molecular weight excluding hydrogens is 350 g/mol. The van der Waals surface area contributed by atoms with E-state index >= 15 is 0 Å². The predicted molar refractivity (Wildman–Crippen MR) is 107 cm³/mol. The number of likely N-dealkylation sites (N-methyl/N-ethyl adjacent to an activating group) is 1. The summed E-state index contributed by atoms with van der Waals surface area (Å²) in [7, 11) is 1.74. The van der Waals surface area contributed by atoms with Crippen molar-refractivity contribution >= 4 is 34.8 Å². The normalized spacial score (nSPS) is 10.7. The summed E-state index contributed by atoms with van der Waals surface area (Å²) < 4.78 is 0. The number of aryl methyl sites for hydroxylation is 2. The zero-order valence-corrected chi connectivity index (χ0v) is 16.1. The highest BCUT2D eigenvalue weighted by atomic mass is 35.5. The van der Waals surface area contributed by atoms with Crippen LogP contribution >= 0.6 is 11.6 Å². The van der Waals surface area contributed by atoms with Gasteiger partial charge in [0.05, 0.1) is 13.1 Å². The highest BCUT2D eigenvalue weighted by Gasteiger charge is 2.13. The molecule has 0 spiro atoms. The highest BCUT2D eigenvalue weighted by molar-refractivity contribution is 6.30. The maximum atomic E-state index is 12.2. The van der Waals surface area contributed by atoms with Crippen molar-refractivity contribution in [1.82, 2.24) is 4.90 Å². The second-order valence-corrected chi connectivity index (χ2v) is 6.68. The molecule has 138 valence electrons. The summed E-state index contributed by atoms with van der Waals surface area (Å²) >= 11 is 5.92. The number of carbonyl (C=O) groups is 2. The van der Waals surface area contributed by atoms with E-state index in [1.54, 1.807) is 30.1 Å². The Labute approximate surface area is 159 Å². The molecule has 0 heterocycles. The Morgan fingerprint density at radius 3 is 2.23 bits per heavy atom. The summed E-state index contributed by atoms with van der Waals surface area (Å²) in [5, 5.41) is 6.37. The Bertz CT molecular complexity index is 792. The minimum Gasteiger partial charge on any atom is -0.325 e. The molecule has 2 amide bonds. The Morgan fingerprint density at radius 2 is 1.62 bits per heavy atom. The van der Waals surface area contributed by atoms with Crippen molar-refractivity contribution in [3.05, 3.63) is 58.6 Å². The highest BCUT2D eigenvalue weighted by Crippen LogP contribution is 2.19. The number of anilines is 2. The lowest BCUT2D eigenvalue weighted by Gasteiger charge is -2.17. The lowest BCUT2D eigenvalue weighted by atomic mass is 10.1. The number of hydrogen-bond acceptors (Lipinski definition) is 3. The minimum atomic E-state index is -0.181. The lowest BCUT2D eigenvalue weighted by molar-refractivity contribution is -0.119. The van der Waals surface area contributed by atoms with Gasteiger partial charge >= 0.3 is 0 Å². The van der Waals surface area contributed by atoms with E-state index in [0.29, 0.717) is 10.7 Å². The molecule has 0 fully saturated rings. The van der Waals surface area contributed by atoms with Gasteiger partial charge in [-0.2, -0.15) is 0 Å². The van der Waals surface area contributed by atoms with Crippen molar-refractivity contribution in [3.8, 4) is 0 Å². The van der Waals surface area contributed by atoms with Gasteiger partial charge in [-0.15, -0.1) is 0 Å². The molecule has 5 nitrogen and oxygen atoms in total. The van der Waals surface area contributed by atoms with Crippen LogP contribution in [0.2, 0.25) is 5.02 Å². The summed E-state index contributed by atoms with van der Waals surface area (Å²) in [5.74, 6) is -0.330. The van der Waals surface area contributed by atoms with Gasteiger partial charge in [0.1, 0.15) is 0 Å². The van der Waals surface area contributed by atoms with E-state index in [0.717, 1.165) is 23.2 Å². The van der Waals surface area contributed by atoms with Crippen LogP contribution in [0.1, 0.15) is 18.1 Å². The van der Waals surface area contributed by atoms with E-state index in [9.17, 15) is 9.59 Å². The van der Waals surface area contributed by atoms with Crippen molar-refractivity contribution in [2.45, 2.75) is 20.3 Å². The average Bonchev–Trinajstić information content (AvgIpc) is 2.57. The van der Waals surface area contributed by atoms with Gasteiger partial charge in [-0.05, 0) is 55.8 Å². The largest absolute Gasteiger partial charge is 0.325 e. The van der Waals surface area contributed by atoms with Gasteiger partial charge in [-0.25, -0.2) is 0 Å². The molecular formula is C20H24ClN3O2. The van der Waals surface area contributed by atoms with E-state index in [4.69, 9.17) is 11.6 Å². The number of nitrogens with one attached hydrogen (secondary N) is 2. The van der Waals surface area contributed by atoms with Crippen LogP contribution in [-0.2, 0) is 16.0 Å². The molecule has 0 saturated heterocycles. The molecule has 6 heteroatoms. The third kappa shape index (κ3) is 5.86. The first-order chi connectivity index (χ1) is 12.4. The summed E-state index contributed by atoms with van der Waals surface area (Å²) in [6.07, 6.45) is 0.842. The number of rotatable bonds is 7. The molecule has 0 aliphatic rings. The SMILES string of the molecule is CCc1ccccc1NC(=O)CN(C)CC(=O)Nc1ccc(Cl)cc1C. The third-order valence-electron chi connectivity index (χ3n) is 3.96. The van der Waals surface area contributed by atoms with Crippen LogP contribution in [0.5, 0.6) is 0 Å². The van der Waals surface area contributed by atoms with E-state index < -0.39 is 0 Å². The van der Waals surface area contributed by atoms with Gasteiger partial charge in [0.2, 0.25) is 11.8 Å². The summed E-state index contributed by atoms with van der Waals surface area (Å²) in [6.45, 7) is 4.17. The molecule has 26 heavy (non-hydrogen) atoms. The van der Waals surface area contributed by atoms with Crippen LogP contribution in [0, 0.1) is 6.92 Å². The van der Waals surface area contributed by atoms with Crippen molar-refractivity contribution in [2.75, 3.05) is 30.8 Å². The summed E-state index contributed by atoms with van der Waals surface area (Å²) in [4.78, 5) is 26.1. The van der Waals surface area contributed by atoms with E-state index in [2.05, 4.69) is 10.6 Å². The maximum Gasteiger partial charge on any atom is 0.238 e. The number of nitrogens with zero attached hydrogens (tertiary/aromatic N) is 1. The molecule has 2 aromatic rings. The Morgan fingerprint density at radius 1 is 1.00 bits per heavy atom. The number of carbonyl (C=O) groups excluding carboxylic acids is 2. The monoisotopic (exact) mass is 373 g/mol. The van der Waals surface area contributed by atoms with Crippen LogP contribution < -0.4 is 10.6 Å². The first-order valence-electron chi connectivity index (χ1n) is 8.51. The van der Waals surface area contributed by atoms with Crippen LogP contribution in [-0.4, -0.2) is 36.9 Å². The molecule has 0 bridgehead atoms. The minimum absolute atomic E-state index is 0.116. The van der Waals surface area contributed by atoms with Crippen LogP contribution in [0.4, 0.5) is 11.4 Å². The van der Waals surface area contributed by atoms with Crippen LogP contribution in [0.25, 0.3) is 0 Å². The number of halogens is 1. The second kappa shape index (κ2) is 9.36. The Hall–Kier alpha value is -2.37. The molecule has 2 rings (SSSR count). The lowest BCUT2D eigenvalue weighted by Crippen LogP contribution is -2.36. The Kier molecular flexibility index (Phi) is 7.18. The molecule has 0 aliphatic carbocycles. The topological polar surface area (TPSA) is 61.4 Å². The molecule has 2 N–H and O–H groups in total. The van der Waals surface area contributed by atoms with Gasteiger partial charge in [0.25, 0.3) is 0 Å². The molecule has 0 saturated carbocycles. The van der Waals surface area contributed by atoms with Gasteiger partial charge in [-0.1, -0.05) is 36.7 Å². The van der Waals surface area contributed by atoms with Gasteiger partial charge in [-0.3, -0.25) is 14.5 Å². The molecule has 0 aliphatic heterocycles. The zero-order chi connectivity index (χ0) is 19.1. The molecule has 0 atom stereocenters. The maximum absolute atomic E-state index is 12.2.